The first kappa shape index (κ1) is 19.7. The summed E-state index contributed by atoms with van der Waals surface area (Å²) in [6.07, 6.45) is -2.61. The van der Waals surface area contributed by atoms with Gasteiger partial charge in [0, 0.05) is 12.7 Å². The Bertz CT molecular complexity index is 1030. The predicted molar refractivity (Wildman–Crippen MR) is 95.3 cm³/mol. The first-order valence-corrected chi connectivity index (χ1v) is 8.61. The van der Waals surface area contributed by atoms with Crippen LogP contribution in [0.2, 0.25) is 0 Å². The zero-order valence-electron chi connectivity index (χ0n) is 15.5. The van der Waals surface area contributed by atoms with E-state index < -0.39 is 17.6 Å². The van der Waals surface area contributed by atoms with E-state index in [1.165, 1.54) is 16.8 Å². The summed E-state index contributed by atoms with van der Waals surface area (Å²) < 4.78 is 50.1. The number of pyridine rings is 1. The minimum atomic E-state index is -4.78. The van der Waals surface area contributed by atoms with Gasteiger partial charge < -0.3 is 13.8 Å². The number of nitrogens with zero attached hydrogens (tertiary/aromatic N) is 3. The lowest BCUT2D eigenvalue weighted by Gasteiger charge is -2.15. The van der Waals surface area contributed by atoms with Crippen molar-refractivity contribution in [2.45, 2.75) is 39.9 Å². The van der Waals surface area contributed by atoms with E-state index >= 15 is 0 Å². The molecule has 0 spiro atoms. The van der Waals surface area contributed by atoms with Gasteiger partial charge in [0.1, 0.15) is 5.75 Å². The van der Waals surface area contributed by atoms with E-state index in [2.05, 4.69) is 14.7 Å². The third kappa shape index (κ3) is 3.78. The Labute approximate surface area is 158 Å². The summed E-state index contributed by atoms with van der Waals surface area (Å²) in [6.45, 7) is 5.96. The highest BCUT2D eigenvalue weighted by Crippen LogP contribution is 2.34. The number of benzene rings is 1. The summed E-state index contributed by atoms with van der Waals surface area (Å²) in [4.78, 5) is 16.3. The van der Waals surface area contributed by atoms with Crippen molar-refractivity contribution in [1.82, 2.24) is 14.7 Å². The first-order chi connectivity index (χ1) is 13.2. The molecule has 0 bridgehead atoms. The summed E-state index contributed by atoms with van der Waals surface area (Å²) in [5.41, 5.74) is 1.10. The van der Waals surface area contributed by atoms with Crippen molar-refractivity contribution in [3.8, 4) is 22.9 Å². The van der Waals surface area contributed by atoms with Crippen LogP contribution < -0.4 is 10.3 Å². The van der Waals surface area contributed by atoms with Crippen LogP contribution in [0.1, 0.15) is 30.4 Å². The molecule has 0 saturated carbocycles. The second-order valence-electron chi connectivity index (χ2n) is 6.30. The van der Waals surface area contributed by atoms with Crippen LogP contribution in [0.25, 0.3) is 11.4 Å². The van der Waals surface area contributed by atoms with Gasteiger partial charge in [-0.1, -0.05) is 30.3 Å². The second-order valence-corrected chi connectivity index (χ2v) is 6.30. The maximum absolute atomic E-state index is 12.9. The molecule has 3 aromatic rings. The molecule has 148 valence electrons. The Hall–Kier alpha value is -3.10. The number of hydrogen-bond acceptors (Lipinski definition) is 5. The fraction of sp³-hybridized carbons (Fsp3) is 0.316. The Morgan fingerprint density at radius 3 is 2.39 bits per heavy atom. The van der Waals surface area contributed by atoms with Crippen LogP contribution in [0.4, 0.5) is 13.2 Å². The molecular weight excluding hydrogens is 375 g/mol. The Morgan fingerprint density at radius 1 is 1.14 bits per heavy atom. The summed E-state index contributed by atoms with van der Waals surface area (Å²) >= 11 is 0. The van der Waals surface area contributed by atoms with Gasteiger partial charge in [0.05, 0.1) is 5.56 Å². The van der Waals surface area contributed by atoms with E-state index in [1.807, 2.05) is 39.0 Å². The van der Waals surface area contributed by atoms with Crippen molar-refractivity contribution in [1.29, 1.82) is 0 Å². The van der Waals surface area contributed by atoms with Gasteiger partial charge in [-0.15, -0.1) is 0 Å². The maximum Gasteiger partial charge on any atom is 0.471 e. The van der Waals surface area contributed by atoms with Gasteiger partial charge >= 0.3 is 12.1 Å². The zero-order valence-corrected chi connectivity index (χ0v) is 15.5. The number of aryl methyl sites for hydroxylation is 3. The molecule has 0 unspecified atom stereocenters. The van der Waals surface area contributed by atoms with Crippen molar-refractivity contribution in [2.75, 3.05) is 0 Å². The fourth-order valence-electron chi connectivity index (χ4n) is 2.76. The molecular formula is C19H18F3N3O3. The zero-order chi connectivity index (χ0) is 20.5. The van der Waals surface area contributed by atoms with Crippen molar-refractivity contribution >= 4 is 0 Å². The van der Waals surface area contributed by atoms with Crippen molar-refractivity contribution in [3.05, 3.63) is 57.8 Å². The van der Waals surface area contributed by atoms with Crippen LogP contribution >= 0.6 is 0 Å². The molecule has 28 heavy (non-hydrogen) atoms. The SMILES string of the molecule is CCCn1ccc(-c2noc(C(F)(F)F)n2)c(Oc2c(C)cccc2C)c1=O. The maximum atomic E-state index is 12.9. The van der Waals surface area contributed by atoms with E-state index in [-0.39, 0.29) is 17.1 Å². The molecule has 0 fully saturated rings. The molecule has 9 heteroatoms. The average Bonchev–Trinajstić information content (AvgIpc) is 3.11. The van der Waals surface area contributed by atoms with E-state index in [0.29, 0.717) is 18.7 Å². The molecule has 2 aromatic heterocycles. The Morgan fingerprint density at radius 2 is 1.82 bits per heavy atom. The van der Waals surface area contributed by atoms with Crippen LogP contribution in [0.5, 0.6) is 11.5 Å². The van der Waals surface area contributed by atoms with Gasteiger partial charge in [-0.3, -0.25) is 4.79 Å². The number of para-hydroxylation sites is 1. The summed E-state index contributed by atoms with van der Waals surface area (Å²) in [5.74, 6) is -1.55. The third-order valence-corrected chi connectivity index (χ3v) is 4.11. The van der Waals surface area contributed by atoms with Crippen LogP contribution in [0.15, 0.2) is 39.8 Å². The van der Waals surface area contributed by atoms with Crippen molar-refractivity contribution in [3.63, 3.8) is 0 Å². The van der Waals surface area contributed by atoms with Crippen LogP contribution in [-0.2, 0) is 12.7 Å². The Kier molecular flexibility index (Phi) is 5.26. The lowest BCUT2D eigenvalue weighted by molar-refractivity contribution is -0.159. The Balaban J connectivity index is 2.17. The van der Waals surface area contributed by atoms with E-state index in [1.54, 1.807) is 0 Å². The molecule has 0 aliphatic rings. The monoisotopic (exact) mass is 393 g/mol. The lowest BCUT2D eigenvalue weighted by Crippen LogP contribution is -2.21. The summed E-state index contributed by atoms with van der Waals surface area (Å²) in [5, 5.41) is 3.38. The summed E-state index contributed by atoms with van der Waals surface area (Å²) in [6, 6.07) is 6.91. The fourth-order valence-corrected chi connectivity index (χ4v) is 2.76. The second kappa shape index (κ2) is 7.49. The van der Waals surface area contributed by atoms with Crippen LogP contribution in [0.3, 0.4) is 0 Å². The molecule has 2 heterocycles. The quantitative estimate of drug-likeness (QED) is 0.626. The molecule has 0 aliphatic heterocycles. The van der Waals surface area contributed by atoms with E-state index in [4.69, 9.17) is 4.74 Å². The van der Waals surface area contributed by atoms with Gasteiger partial charge in [0.25, 0.3) is 5.56 Å². The van der Waals surface area contributed by atoms with Gasteiger partial charge in [0.2, 0.25) is 11.6 Å². The summed E-state index contributed by atoms with van der Waals surface area (Å²) in [7, 11) is 0. The molecule has 0 radical (unpaired) electrons. The average molecular weight is 393 g/mol. The lowest BCUT2D eigenvalue weighted by atomic mass is 10.1. The number of rotatable bonds is 5. The molecule has 1 aromatic carbocycles. The number of aromatic nitrogens is 3. The van der Waals surface area contributed by atoms with Crippen LogP contribution in [0, 0.1) is 13.8 Å². The molecule has 3 rings (SSSR count). The topological polar surface area (TPSA) is 70.2 Å². The standard InChI is InChI=1S/C19H18F3N3O3/c1-4-9-25-10-8-13(16-23-18(28-24-16)19(20,21)22)15(17(25)26)27-14-11(2)6-5-7-12(14)3/h5-8,10H,4,9H2,1-3H3. The minimum absolute atomic E-state index is 0.0271. The number of halogens is 3. The molecule has 6 nitrogen and oxygen atoms in total. The number of alkyl halides is 3. The van der Waals surface area contributed by atoms with E-state index in [9.17, 15) is 18.0 Å². The first-order valence-electron chi connectivity index (χ1n) is 8.61. The number of hydrogen-bond donors (Lipinski definition) is 0. The van der Waals surface area contributed by atoms with Crippen LogP contribution in [-0.4, -0.2) is 14.7 Å². The minimum Gasteiger partial charge on any atom is -0.450 e. The van der Waals surface area contributed by atoms with E-state index in [0.717, 1.165) is 11.1 Å². The molecule has 0 aliphatic carbocycles. The largest absolute Gasteiger partial charge is 0.471 e. The smallest absolute Gasteiger partial charge is 0.450 e. The van der Waals surface area contributed by atoms with Crippen molar-refractivity contribution in [2.24, 2.45) is 0 Å². The molecule has 0 amide bonds. The highest BCUT2D eigenvalue weighted by molar-refractivity contribution is 5.64. The number of ether oxygens (including phenoxy) is 1. The van der Waals surface area contributed by atoms with Crippen molar-refractivity contribution < 1.29 is 22.4 Å². The normalized spacial score (nSPS) is 11.6. The predicted octanol–water partition coefficient (Wildman–Crippen LogP) is 4.74. The van der Waals surface area contributed by atoms with Gasteiger partial charge in [-0.05, 0) is 37.5 Å². The van der Waals surface area contributed by atoms with Gasteiger partial charge in [0.15, 0.2) is 0 Å². The molecule has 0 N–H and O–H groups in total. The van der Waals surface area contributed by atoms with Gasteiger partial charge in [-0.2, -0.15) is 18.2 Å². The highest BCUT2D eigenvalue weighted by atomic mass is 19.4. The molecule has 0 atom stereocenters. The third-order valence-electron chi connectivity index (χ3n) is 4.11. The highest BCUT2D eigenvalue weighted by Gasteiger charge is 2.39. The molecule has 0 saturated heterocycles. The van der Waals surface area contributed by atoms with Gasteiger partial charge in [-0.25, -0.2) is 0 Å².